The van der Waals surface area contributed by atoms with Gasteiger partial charge in [-0.25, -0.2) is 0 Å². The second kappa shape index (κ2) is 7.81. The number of rotatable bonds is 7. The predicted octanol–water partition coefficient (Wildman–Crippen LogP) is 4.04. The van der Waals surface area contributed by atoms with E-state index < -0.39 is 0 Å². The zero-order valence-corrected chi connectivity index (χ0v) is 15.6. The monoisotopic (exact) mass is 354 g/mol. The summed E-state index contributed by atoms with van der Waals surface area (Å²) < 4.78 is 0. The molecule has 4 nitrogen and oxygen atoms in total. The van der Waals surface area contributed by atoms with Crippen LogP contribution >= 0.6 is 0 Å². The van der Waals surface area contributed by atoms with Crippen molar-refractivity contribution >= 4 is 11.8 Å². The number of carbonyl (C=O) groups excluding carboxylic acids is 2. The van der Waals surface area contributed by atoms with Crippen molar-refractivity contribution in [2.75, 3.05) is 0 Å². The maximum absolute atomic E-state index is 12.9. The molecule has 2 amide bonds. The largest absolute Gasteiger partial charge is 0.349 e. The first kappa shape index (κ1) is 17.6. The average molecular weight is 354 g/mol. The maximum Gasteiger partial charge on any atom is 0.251 e. The first-order valence-electron chi connectivity index (χ1n) is 10.4. The van der Waals surface area contributed by atoms with E-state index in [1.54, 1.807) is 0 Å². The van der Waals surface area contributed by atoms with E-state index in [2.05, 4.69) is 10.2 Å². The van der Waals surface area contributed by atoms with Gasteiger partial charge >= 0.3 is 0 Å². The molecule has 3 aliphatic rings. The minimum absolute atomic E-state index is 0.0199. The number of nitrogens with zero attached hydrogens (tertiary/aromatic N) is 1. The molecule has 3 fully saturated rings. The molecular weight excluding hydrogens is 324 g/mol. The first-order valence-corrected chi connectivity index (χ1v) is 10.4. The molecule has 0 heterocycles. The SMILES string of the molecule is O=C(NC1CC1)c1ccc(CN(C(=O)CC2CCCCC2)C2CC2)cc1. The lowest BCUT2D eigenvalue weighted by atomic mass is 9.86. The maximum atomic E-state index is 12.9. The Morgan fingerprint density at radius 3 is 2.23 bits per heavy atom. The normalized spacial score (nSPS) is 20.6. The minimum Gasteiger partial charge on any atom is -0.349 e. The summed E-state index contributed by atoms with van der Waals surface area (Å²) in [4.78, 5) is 27.1. The predicted molar refractivity (Wildman–Crippen MR) is 102 cm³/mol. The van der Waals surface area contributed by atoms with Gasteiger partial charge in [-0.05, 0) is 62.1 Å². The Labute approximate surface area is 156 Å². The molecule has 0 saturated heterocycles. The van der Waals surface area contributed by atoms with Gasteiger partial charge in [0.25, 0.3) is 5.91 Å². The summed E-state index contributed by atoms with van der Waals surface area (Å²) in [6.45, 7) is 0.681. The van der Waals surface area contributed by atoms with Crippen molar-refractivity contribution < 1.29 is 9.59 Å². The lowest BCUT2D eigenvalue weighted by molar-refractivity contribution is -0.133. The van der Waals surface area contributed by atoms with Crippen molar-refractivity contribution in [2.45, 2.75) is 82.8 Å². The van der Waals surface area contributed by atoms with Crippen LogP contribution in [0.3, 0.4) is 0 Å². The Bertz CT molecular complexity index is 641. The van der Waals surface area contributed by atoms with E-state index in [1.807, 2.05) is 24.3 Å². The number of benzene rings is 1. The van der Waals surface area contributed by atoms with Gasteiger partial charge in [0.1, 0.15) is 0 Å². The highest BCUT2D eigenvalue weighted by molar-refractivity contribution is 5.94. The van der Waals surface area contributed by atoms with Crippen LogP contribution in [-0.2, 0) is 11.3 Å². The van der Waals surface area contributed by atoms with Crippen molar-refractivity contribution in [1.29, 1.82) is 0 Å². The second-order valence-corrected chi connectivity index (χ2v) is 8.41. The third kappa shape index (κ3) is 4.66. The summed E-state index contributed by atoms with van der Waals surface area (Å²) in [5.74, 6) is 0.937. The topological polar surface area (TPSA) is 49.4 Å². The molecule has 140 valence electrons. The van der Waals surface area contributed by atoms with Gasteiger partial charge < -0.3 is 10.2 Å². The van der Waals surface area contributed by atoms with Crippen LogP contribution in [0.5, 0.6) is 0 Å². The molecule has 4 heteroatoms. The lowest BCUT2D eigenvalue weighted by Crippen LogP contribution is -2.34. The van der Waals surface area contributed by atoms with E-state index in [9.17, 15) is 9.59 Å². The molecule has 1 aromatic carbocycles. The quantitative estimate of drug-likeness (QED) is 0.803. The molecule has 1 N–H and O–H groups in total. The van der Waals surface area contributed by atoms with E-state index in [4.69, 9.17) is 0 Å². The minimum atomic E-state index is 0.0199. The van der Waals surface area contributed by atoms with Crippen molar-refractivity contribution in [3.8, 4) is 0 Å². The van der Waals surface area contributed by atoms with Gasteiger partial charge in [0.2, 0.25) is 5.91 Å². The van der Waals surface area contributed by atoms with Crippen molar-refractivity contribution in [2.24, 2.45) is 5.92 Å². The molecule has 26 heavy (non-hydrogen) atoms. The smallest absolute Gasteiger partial charge is 0.251 e. The highest BCUT2D eigenvalue weighted by Gasteiger charge is 2.33. The van der Waals surface area contributed by atoms with Crippen LogP contribution in [0.1, 0.15) is 80.1 Å². The fourth-order valence-electron chi connectivity index (χ4n) is 4.02. The fourth-order valence-corrected chi connectivity index (χ4v) is 4.02. The van der Waals surface area contributed by atoms with Gasteiger partial charge in [-0.15, -0.1) is 0 Å². The van der Waals surface area contributed by atoms with Crippen LogP contribution in [-0.4, -0.2) is 28.8 Å². The first-order chi connectivity index (χ1) is 12.7. The molecule has 0 spiro atoms. The molecule has 0 aliphatic heterocycles. The molecule has 3 aliphatic carbocycles. The number of nitrogens with one attached hydrogen (secondary N) is 1. The average Bonchev–Trinajstić information content (AvgIpc) is 3.55. The zero-order chi connectivity index (χ0) is 17.9. The number of carbonyl (C=O) groups is 2. The second-order valence-electron chi connectivity index (χ2n) is 8.41. The van der Waals surface area contributed by atoms with Gasteiger partial charge in [0, 0.05) is 30.6 Å². The molecule has 0 atom stereocenters. The van der Waals surface area contributed by atoms with Crippen LogP contribution in [0.2, 0.25) is 0 Å². The Hall–Kier alpha value is -1.84. The van der Waals surface area contributed by atoms with E-state index in [0.717, 1.165) is 37.7 Å². The van der Waals surface area contributed by atoms with Gasteiger partial charge in [0.05, 0.1) is 0 Å². The molecule has 4 rings (SSSR count). The summed E-state index contributed by atoms with van der Waals surface area (Å²) in [6.07, 6.45) is 11.5. The van der Waals surface area contributed by atoms with Crippen molar-refractivity contribution in [3.05, 3.63) is 35.4 Å². The molecule has 0 radical (unpaired) electrons. The molecule has 3 saturated carbocycles. The van der Waals surface area contributed by atoms with E-state index >= 15 is 0 Å². The van der Waals surface area contributed by atoms with E-state index in [0.29, 0.717) is 36.0 Å². The van der Waals surface area contributed by atoms with Crippen LogP contribution in [0, 0.1) is 5.92 Å². The van der Waals surface area contributed by atoms with E-state index in [1.165, 1.54) is 32.1 Å². The van der Waals surface area contributed by atoms with Crippen LogP contribution < -0.4 is 5.32 Å². The van der Waals surface area contributed by atoms with Gasteiger partial charge in [-0.3, -0.25) is 9.59 Å². The summed E-state index contributed by atoms with van der Waals surface area (Å²) in [7, 11) is 0. The van der Waals surface area contributed by atoms with E-state index in [-0.39, 0.29) is 5.91 Å². The number of hydrogen-bond donors (Lipinski definition) is 1. The van der Waals surface area contributed by atoms with Crippen molar-refractivity contribution in [1.82, 2.24) is 10.2 Å². The summed E-state index contributed by atoms with van der Waals surface area (Å²) in [5.41, 5.74) is 1.84. The molecule has 0 aromatic heterocycles. The van der Waals surface area contributed by atoms with Crippen LogP contribution in [0.25, 0.3) is 0 Å². The Kier molecular flexibility index (Phi) is 5.28. The third-order valence-corrected chi connectivity index (χ3v) is 5.98. The summed E-state index contributed by atoms with van der Waals surface area (Å²) >= 11 is 0. The number of amides is 2. The third-order valence-electron chi connectivity index (χ3n) is 5.98. The Balaban J connectivity index is 1.35. The Morgan fingerprint density at radius 2 is 1.62 bits per heavy atom. The van der Waals surface area contributed by atoms with Crippen LogP contribution in [0.15, 0.2) is 24.3 Å². The highest BCUT2D eigenvalue weighted by Crippen LogP contribution is 2.32. The molecule has 0 unspecified atom stereocenters. The zero-order valence-electron chi connectivity index (χ0n) is 15.6. The van der Waals surface area contributed by atoms with Gasteiger partial charge in [-0.1, -0.05) is 31.4 Å². The fraction of sp³-hybridized carbons (Fsp3) is 0.636. The lowest BCUT2D eigenvalue weighted by Gasteiger charge is -2.27. The standard InChI is InChI=1S/C22H30N2O2/c25-21(14-16-4-2-1-3-5-16)24(20-12-13-20)15-17-6-8-18(9-7-17)22(26)23-19-10-11-19/h6-9,16,19-20H,1-5,10-15H2,(H,23,26). The molecule has 1 aromatic rings. The van der Waals surface area contributed by atoms with Crippen LogP contribution in [0.4, 0.5) is 0 Å². The molecule has 0 bridgehead atoms. The Morgan fingerprint density at radius 1 is 0.923 bits per heavy atom. The van der Waals surface area contributed by atoms with Gasteiger partial charge in [0.15, 0.2) is 0 Å². The number of hydrogen-bond acceptors (Lipinski definition) is 2. The highest BCUT2D eigenvalue weighted by atomic mass is 16.2. The summed E-state index contributed by atoms with van der Waals surface area (Å²) in [5, 5.41) is 3.02. The van der Waals surface area contributed by atoms with Gasteiger partial charge in [-0.2, -0.15) is 0 Å². The summed E-state index contributed by atoms with van der Waals surface area (Å²) in [6, 6.07) is 8.61. The van der Waals surface area contributed by atoms with Crippen molar-refractivity contribution in [3.63, 3.8) is 0 Å². The molecular formula is C22H30N2O2.